The van der Waals surface area contributed by atoms with Gasteiger partial charge in [0.15, 0.2) is 29.8 Å². The van der Waals surface area contributed by atoms with Crippen LogP contribution in [0.1, 0.15) is 30.7 Å². The number of anilines is 1. The summed E-state index contributed by atoms with van der Waals surface area (Å²) >= 11 is 14.6. The number of halogens is 3. The SMILES string of the molecule is CC(C)(O/N=C(\C(=O)N[C@@H]1C(=O)N2C(C(=O)[O-])=C(C[n+]3ccc4ccn(Cc5c(F)cc(C(=N)N)cc5Cl)c4c3)CS[C@H]12)c1nc(N)sc1Cl)C(=O)O. The molecule has 0 unspecified atom stereocenters. The summed E-state index contributed by atoms with van der Waals surface area (Å²) < 4.78 is 18.4. The number of aromatic nitrogens is 3. The van der Waals surface area contributed by atoms with Gasteiger partial charge in [0.2, 0.25) is 5.60 Å². The third-order valence-corrected chi connectivity index (χ3v) is 11.1. The fourth-order valence-electron chi connectivity index (χ4n) is 5.56. The molecule has 1 fully saturated rings. The Morgan fingerprint density at radius 3 is 2.66 bits per heavy atom. The molecule has 0 radical (unpaired) electrons. The van der Waals surface area contributed by atoms with E-state index in [0.717, 1.165) is 27.7 Å². The first-order valence-electron chi connectivity index (χ1n) is 15.4. The van der Waals surface area contributed by atoms with Crippen LogP contribution in [0.5, 0.6) is 0 Å². The number of β-lactam (4-membered cyclic amide) rings is 1. The van der Waals surface area contributed by atoms with E-state index in [1.807, 2.05) is 6.07 Å². The topological polar surface area (TPSA) is 246 Å². The van der Waals surface area contributed by atoms with Gasteiger partial charge in [-0.05, 0) is 32.0 Å². The maximum Gasteiger partial charge on any atom is 0.350 e. The van der Waals surface area contributed by atoms with Gasteiger partial charge in [0.25, 0.3) is 11.8 Å². The van der Waals surface area contributed by atoms with Gasteiger partial charge in [-0.2, -0.15) is 4.57 Å². The van der Waals surface area contributed by atoms with Crippen LogP contribution >= 0.6 is 46.3 Å². The number of amidine groups is 1. The molecule has 276 valence electrons. The van der Waals surface area contributed by atoms with Gasteiger partial charge in [-0.15, -0.1) is 11.8 Å². The Balaban J connectivity index is 1.23. The molecule has 4 aromatic rings. The van der Waals surface area contributed by atoms with Gasteiger partial charge in [-0.3, -0.25) is 19.9 Å². The number of oxime groups is 1. The molecule has 0 bridgehead atoms. The number of hydrogen-bond acceptors (Lipinski definition) is 12. The van der Waals surface area contributed by atoms with Crippen molar-refractivity contribution in [1.29, 1.82) is 5.41 Å². The predicted molar refractivity (Wildman–Crippen MR) is 192 cm³/mol. The molecule has 21 heteroatoms. The standard InChI is InChI=1S/C32H28Cl2FN9O7S2/c1-32(2,30(49)50)51-41-21(20-24(34)53-31(38)40-20)26(45)39-22-27(46)44-23(29(47)48)15(12-52-28(22)44)9-42-5-3-13-4-6-43(19(13)11-42)10-16-17(33)7-14(25(36)37)8-18(16)35/h3-8,11,22,28H,9-10,12H2,1-2H3,(H7-,36,37,38,39,40,45,47,48,49,50)/b41-21-/t22-,28-/m1/s1. The van der Waals surface area contributed by atoms with Crippen LogP contribution in [0.3, 0.4) is 0 Å². The number of carboxylic acid groups (broad SMARTS) is 2. The average molecular weight is 805 g/mol. The lowest BCUT2D eigenvalue weighted by Gasteiger charge is -2.50. The second-order valence-electron chi connectivity index (χ2n) is 12.4. The molecule has 2 atom stereocenters. The van der Waals surface area contributed by atoms with Crippen LogP contribution in [0.25, 0.3) is 10.9 Å². The van der Waals surface area contributed by atoms with Crippen molar-refractivity contribution < 1.29 is 43.2 Å². The highest BCUT2D eigenvalue weighted by atomic mass is 35.5. The van der Waals surface area contributed by atoms with Gasteiger partial charge in [0, 0.05) is 45.1 Å². The van der Waals surface area contributed by atoms with E-state index in [1.165, 1.54) is 31.7 Å². The molecule has 6 rings (SSSR count). The van der Waals surface area contributed by atoms with E-state index >= 15 is 0 Å². The summed E-state index contributed by atoms with van der Waals surface area (Å²) in [7, 11) is 0. The summed E-state index contributed by atoms with van der Waals surface area (Å²) in [4.78, 5) is 61.1. The largest absolute Gasteiger partial charge is 0.543 e. The minimum atomic E-state index is -1.85. The van der Waals surface area contributed by atoms with E-state index in [0.29, 0.717) is 11.1 Å². The van der Waals surface area contributed by atoms with Crippen molar-refractivity contribution in [3.63, 3.8) is 0 Å². The molecule has 16 nitrogen and oxygen atoms in total. The number of pyridine rings is 1. The third kappa shape index (κ3) is 7.24. The number of nitrogens with two attached hydrogens (primary N) is 2. The fourth-order valence-corrected chi connectivity index (χ4v) is 8.09. The number of amides is 2. The molecule has 7 N–H and O–H groups in total. The number of hydrogen-bond donors (Lipinski definition) is 5. The zero-order valence-corrected chi connectivity index (χ0v) is 30.7. The number of nitrogen functional groups attached to an aromatic ring is 2. The first-order valence-corrected chi connectivity index (χ1v) is 18.0. The molecule has 2 aliphatic heterocycles. The first-order chi connectivity index (χ1) is 25.0. The van der Waals surface area contributed by atoms with Crippen LogP contribution in [0.15, 0.2) is 59.3 Å². The lowest BCUT2D eigenvalue weighted by atomic mass is 10.0. The van der Waals surface area contributed by atoms with E-state index in [9.17, 15) is 33.8 Å². The second kappa shape index (κ2) is 14.3. The lowest BCUT2D eigenvalue weighted by molar-refractivity contribution is -0.687. The summed E-state index contributed by atoms with van der Waals surface area (Å²) in [6.07, 6.45) is 5.22. The third-order valence-electron chi connectivity index (χ3n) is 8.38. The van der Waals surface area contributed by atoms with Crippen molar-refractivity contribution in [2.24, 2.45) is 10.9 Å². The Hall–Kier alpha value is -5.24. The van der Waals surface area contributed by atoms with Crippen LogP contribution in [0.4, 0.5) is 9.52 Å². The van der Waals surface area contributed by atoms with Crippen molar-refractivity contribution in [1.82, 2.24) is 19.8 Å². The monoisotopic (exact) mass is 803 g/mol. The van der Waals surface area contributed by atoms with Crippen molar-refractivity contribution >= 4 is 97.6 Å². The zero-order chi connectivity index (χ0) is 38.5. The number of nitrogens with zero attached hydrogens (tertiary/aromatic N) is 5. The Kier molecular flexibility index (Phi) is 10.1. The fraction of sp³-hybridized carbons (Fsp3) is 0.250. The molecule has 2 amide bonds. The van der Waals surface area contributed by atoms with Gasteiger partial charge in [0.05, 0.1) is 18.2 Å². The van der Waals surface area contributed by atoms with Crippen LogP contribution in [-0.2, 0) is 37.1 Å². The lowest BCUT2D eigenvalue weighted by Crippen LogP contribution is -2.71. The summed E-state index contributed by atoms with van der Waals surface area (Å²) in [6.45, 7) is 2.50. The van der Waals surface area contributed by atoms with E-state index in [4.69, 9.17) is 44.9 Å². The van der Waals surface area contributed by atoms with E-state index in [-0.39, 0.29) is 61.7 Å². The van der Waals surface area contributed by atoms with Gasteiger partial charge in [-0.25, -0.2) is 14.2 Å². The molecule has 0 saturated carbocycles. The number of aliphatic carboxylic acids is 2. The Labute approximate surface area is 317 Å². The zero-order valence-electron chi connectivity index (χ0n) is 27.6. The molecule has 0 spiro atoms. The highest BCUT2D eigenvalue weighted by molar-refractivity contribution is 8.00. The van der Waals surface area contributed by atoms with Gasteiger partial charge in [0.1, 0.15) is 38.6 Å². The molecule has 1 aromatic carbocycles. The van der Waals surface area contributed by atoms with Gasteiger partial charge >= 0.3 is 5.97 Å². The predicted octanol–water partition coefficient (Wildman–Crippen LogP) is 1.43. The Morgan fingerprint density at radius 2 is 2.04 bits per heavy atom. The highest BCUT2D eigenvalue weighted by Crippen LogP contribution is 2.40. The summed E-state index contributed by atoms with van der Waals surface area (Å²) in [5.41, 5.74) is 9.64. The minimum Gasteiger partial charge on any atom is -0.543 e. The smallest absolute Gasteiger partial charge is 0.350 e. The minimum absolute atomic E-state index is 0.0167. The number of thiazole rings is 1. The Morgan fingerprint density at radius 1 is 1.30 bits per heavy atom. The molecule has 3 aromatic heterocycles. The maximum absolute atomic E-state index is 15.0. The van der Waals surface area contributed by atoms with Crippen LogP contribution in [0.2, 0.25) is 9.36 Å². The second-order valence-corrected chi connectivity index (χ2v) is 15.5. The van der Waals surface area contributed by atoms with Gasteiger partial charge < -0.3 is 41.2 Å². The molecule has 1 saturated heterocycles. The van der Waals surface area contributed by atoms with E-state index < -0.39 is 52.3 Å². The summed E-state index contributed by atoms with van der Waals surface area (Å²) in [5, 5.41) is 35.7. The van der Waals surface area contributed by atoms with Crippen LogP contribution in [-0.4, -0.2) is 77.6 Å². The van der Waals surface area contributed by atoms with E-state index in [1.54, 1.807) is 33.8 Å². The van der Waals surface area contributed by atoms with Crippen molar-refractivity contribution in [3.05, 3.63) is 86.1 Å². The quantitative estimate of drug-likeness (QED) is 0.0451. The molecule has 5 heterocycles. The number of benzene rings is 1. The van der Waals surface area contributed by atoms with Crippen LogP contribution < -0.4 is 26.5 Å². The van der Waals surface area contributed by atoms with Crippen molar-refractivity contribution in [2.75, 3.05) is 11.5 Å². The Bertz CT molecular complexity index is 2290. The molecule has 2 aliphatic rings. The normalized spacial score (nSPS) is 17.4. The summed E-state index contributed by atoms with van der Waals surface area (Å²) in [6, 6.07) is 4.97. The number of rotatable bonds is 12. The number of carboxylic acids is 2. The average Bonchev–Trinajstić information content (AvgIpc) is 3.65. The molecule has 0 aliphatic carbocycles. The number of carbonyl (C=O) groups is 4. The van der Waals surface area contributed by atoms with Crippen molar-refractivity contribution in [3.8, 4) is 0 Å². The van der Waals surface area contributed by atoms with Crippen molar-refractivity contribution in [2.45, 2.75) is 44.0 Å². The van der Waals surface area contributed by atoms with E-state index in [2.05, 4.69) is 15.5 Å². The summed E-state index contributed by atoms with van der Waals surface area (Å²) in [5.74, 6) is -5.52. The number of carbonyl (C=O) groups excluding carboxylic acids is 3. The first kappa shape index (κ1) is 37.5. The number of fused-ring (bicyclic) bond motifs is 2. The molecular weight excluding hydrogens is 776 g/mol. The molecule has 53 heavy (non-hydrogen) atoms. The number of nitrogens with one attached hydrogen (secondary N) is 2. The number of thioether (sulfide) groups is 1. The van der Waals surface area contributed by atoms with Crippen LogP contribution in [0, 0.1) is 11.2 Å². The molecular formula is C32H28Cl2FN9O7S2. The maximum atomic E-state index is 15.0. The van der Waals surface area contributed by atoms with Gasteiger partial charge in [-0.1, -0.05) is 39.7 Å². The highest BCUT2D eigenvalue weighted by Gasteiger charge is 2.53.